The topological polar surface area (TPSA) is 59.8 Å². The smallest absolute Gasteiger partial charge is 0.410 e. The van der Waals surface area contributed by atoms with E-state index in [1.807, 2.05) is 25.7 Å². The number of hydrogen-bond donors (Lipinski definition) is 0. The molecule has 1 spiro atoms. The van der Waals surface area contributed by atoms with Crippen molar-refractivity contribution in [1.82, 2.24) is 19.6 Å². The van der Waals surface area contributed by atoms with E-state index in [1.165, 1.54) is 17.8 Å². The van der Waals surface area contributed by atoms with Crippen LogP contribution in [0.2, 0.25) is 0 Å². The molecule has 0 radical (unpaired) electrons. The van der Waals surface area contributed by atoms with Gasteiger partial charge >= 0.3 is 6.09 Å². The fourth-order valence-corrected chi connectivity index (χ4v) is 5.32. The molecule has 0 atom stereocenters. The fraction of sp³-hybridized carbons (Fsp3) is 0.833. The molecule has 3 aliphatic rings. The monoisotopic (exact) mass is 432 g/mol. The highest BCUT2D eigenvalue weighted by Gasteiger charge is 2.42. The Hall–Kier alpha value is -1.60. The molecular weight excluding hydrogens is 392 g/mol. The molecule has 0 N–H and O–H groups in total. The number of aromatic nitrogens is 2. The molecule has 7 nitrogen and oxygen atoms in total. The van der Waals surface area contributed by atoms with Gasteiger partial charge < -0.3 is 14.4 Å². The van der Waals surface area contributed by atoms with E-state index >= 15 is 0 Å². The first-order valence-corrected chi connectivity index (χ1v) is 12.1. The Kier molecular flexibility index (Phi) is 6.63. The van der Waals surface area contributed by atoms with Gasteiger partial charge in [0.05, 0.1) is 17.4 Å². The molecule has 0 saturated carbocycles. The van der Waals surface area contributed by atoms with Crippen molar-refractivity contribution >= 4 is 6.09 Å². The second-order valence-electron chi connectivity index (χ2n) is 10.7. The molecule has 0 aliphatic carbocycles. The predicted octanol–water partition coefficient (Wildman–Crippen LogP) is 4.02. The molecule has 0 aromatic carbocycles. The quantitative estimate of drug-likeness (QED) is 0.719. The van der Waals surface area contributed by atoms with Gasteiger partial charge in [0.15, 0.2) is 0 Å². The number of ether oxygens (including phenoxy) is 2. The van der Waals surface area contributed by atoms with Crippen LogP contribution in [0.5, 0.6) is 0 Å². The molecule has 0 unspecified atom stereocenters. The summed E-state index contributed by atoms with van der Waals surface area (Å²) in [5.74, 6) is 0. The lowest BCUT2D eigenvalue weighted by molar-refractivity contribution is 0.0109. The molecule has 1 aromatic heterocycles. The summed E-state index contributed by atoms with van der Waals surface area (Å²) in [7, 11) is 0. The fourth-order valence-electron chi connectivity index (χ4n) is 5.32. The highest BCUT2D eigenvalue weighted by molar-refractivity contribution is 5.68. The molecule has 1 amide bonds. The van der Waals surface area contributed by atoms with Crippen LogP contribution in [0.15, 0.2) is 6.07 Å². The first kappa shape index (κ1) is 22.6. The Labute approximate surface area is 187 Å². The van der Waals surface area contributed by atoms with E-state index < -0.39 is 5.60 Å². The standard InChI is InChI=1S/C24H40N4O3/c1-5-19-16-21(28(25-19)20-6-14-30-15-7-20)17-26-11-8-24(18-26)9-12-27(13-10-24)22(29)31-23(2,3)4/h16,20H,5-15,17-18H2,1-4H3. The Bertz CT molecular complexity index is 755. The third-order valence-electron chi connectivity index (χ3n) is 7.14. The molecule has 3 fully saturated rings. The van der Waals surface area contributed by atoms with Crippen molar-refractivity contribution < 1.29 is 14.3 Å². The zero-order valence-corrected chi connectivity index (χ0v) is 19.9. The largest absolute Gasteiger partial charge is 0.444 e. The zero-order chi connectivity index (χ0) is 22.1. The van der Waals surface area contributed by atoms with Gasteiger partial charge in [-0.2, -0.15) is 5.10 Å². The van der Waals surface area contributed by atoms with Crippen molar-refractivity contribution in [1.29, 1.82) is 0 Å². The van der Waals surface area contributed by atoms with Gasteiger partial charge in [-0.15, -0.1) is 0 Å². The average Bonchev–Trinajstić information content (AvgIpc) is 3.32. The number of piperidine rings is 1. The van der Waals surface area contributed by atoms with Gasteiger partial charge in [-0.1, -0.05) is 6.92 Å². The number of rotatable bonds is 4. The summed E-state index contributed by atoms with van der Waals surface area (Å²) < 4.78 is 13.4. The van der Waals surface area contributed by atoms with E-state index in [4.69, 9.17) is 14.6 Å². The molecule has 1 aromatic rings. The molecule has 4 rings (SSSR count). The summed E-state index contributed by atoms with van der Waals surface area (Å²) in [4.78, 5) is 16.9. The molecule has 7 heteroatoms. The molecule has 174 valence electrons. The van der Waals surface area contributed by atoms with Crippen LogP contribution in [0.1, 0.15) is 77.2 Å². The second-order valence-corrected chi connectivity index (χ2v) is 10.7. The van der Waals surface area contributed by atoms with Crippen molar-refractivity contribution in [2.75, 3.05) is 39.4 Å². The molecule has 31 heavy (non-hydrogen) atoms. The minimum absolute atomic E-state index is 0.162. The number of carbonyl (C=O) groups is 1. The van der Waals surface area contributed by atoms with Crippen LogP contribution in [-0.2, 0) is 22.4 Å². The summed E-state index contributed by atoms with van der Waals surface area (Å²) in [5, 5.41) is 4.93. The van der Waals surface area contributed by atoms with Crippen molar-refractivity contribution in [2.24, 2.45) is 5.41 Å². The summed E-state index contributed by atoms with van der Waals surface area (Å²) in [5.41, 5.74) is 2.46. The highest BCUT2D eigenvalue weighted by atomic mass is 16.6. The van der Waals surface area contributed by atoms with Crippen LogP contribution >= 0.6 is 0 Å². The average molecular weight is 433 g/mol. The van der Waals surface area contributed by atoms with Crippen LogP contribution in [0.25, 0.3) is 0 Å². The summed E-state index contributed by atoms with van der Waals surface area (Å²) in [6.45, 7) is 14.5. The Morgan fingerprint density at radius 1 is 1.19 bits per heavy atom. The van der Waals surface area contributed by atoms with Crippen molar-refractivity contribution in [3.8, 4) is 0 Å². The Morgan fingerprint density at radius 3 is 2.52 bits per heavy atom. The maximum Gasteiger partial charge on any atom is 0.410 e. The van der Waals surface area contributed by atoms with Crippen LogP contribution in [-0.4, -0.2) is 70.7 Å². The Balaban J connectivity index is 1.35. The number of hydrogen-bond acceptors (Lipinski definition) is 5. The van der Waals surface area contributed by atoms with Crippen LogP contribution in [0, 0.1) is 5.41 Å². The molecule has 4 heterocycles. The third kappa shape index (κ3) is 5.43. The minimum Gasteiger partial charge on any atom is -0.444 e. The van der Waals surface area contributed by atoms with Crippen molar-refractivity contribution in [2.45, 2.75) is 84.4 Å². The number of amides is 1. The van der Waals surface area contributed by atoms with Gasteiger partial charge in [0.25, 0.3) is 0 Å². The molecule has 3 saturated heterocycles. The van der Waals surface area contributed by atoms with Crippen molar-refractivity contribution in [3.05, 3.63) is 17.5 Å². The van der Waals surface area contributed by atoms with Gasteiger partial charge in [-0.25, -0.2) is 4.79 Å². The minimum atomic E-state index is -0.429. The van der Waals surface area contributed by atoms with Crippen LogP contribution in [0.3, 0.4) is 0 Å². The lowest BCUT2D eigenvalue weighted by Crippen LogP contribution is -2.46. The zero-order valence-electron chi connectivity index (χ0n) is 19.9. The first-order chi connectivity index (χ1) is 14.8. The number of nitrogens with zero attached hydrogens (tertiary/aromatic N) is 4. The maximum atomic E-state index is 12.4. The number of likely N-dealkylation sites (tertiary alicyclic amines) is 2. The van der Waals surface area contributed by atoms with Gasteiger partial charge in [0.2, 0.25) is 0 Å². The van der Waals surface area contributed by atoms with E-state index in [0.29, 0.717) is 11.5 Å². The molecular formula is C24H40N4O3. The second kappa shape index (κ2) is 9.10. The SMILES string of the molecule is CCc1cc(CN2CCC3(CCN(C(=O)OC(C)(C)C)CC3)C2)n(C2CCOCC2)n1. The van der Waals surface area contributed by atoms with E-state index in [1.54, 1.807) is 0 Å². The molecule has 0 bridgehead atoms. The van der Waals surface area contributed by atoms with E-state index in [2.05, 4.69) is 22.6 Å². The van der Waals surface area contributed by atoms with Crippen molar-refractivity contribution in [3.63, 3.8) is 0 Å². The van der Waals surface area contributed by atoms with Crippen LogP contribution in [0.4, 0.5) is 4.79 Å². The maximum absolute atomic E-state index is 12.4. The number of carbonyl (C=O) groups excluding carboxylic acids is 1. The van der Waals surface area contributed by atoms with E-state index in [9.17, 15) is 4.79 Å². The van der Waals surface area contributed by atoms with E-state index in [0.717, 1.165) is 78.0 Å². The van der Waals surface area contributed by atoms with E-state index in [-0.39, 0.29) is 6.09 Å². The summed E-state index contributed by atoms with van der Waals surface area (Å²) in [6, 6.07) is 2.78. The first-order valence-electron chi connectivity index (χ1n) is 12.1. The van der Waals surface area contributed by atoms with Gasteiger partial charge in [-0.3, -0.25) is 9.58 Å². The van der Waals surface area contributed by atoms with Gasteiger partial charge in [0, 0.05) is 39.4 Å². The van der Waals surface area contributed by atoms with Gasteiger partial charge in [-0.05, 0) is 77.3 Å². The third-order valence-corrected chi connectivity index (χ3v) is 7.14. The summed E-state index contributed by atoms with van der Waals surface area (Å²) in [6.07, 6.45) is 6.30. The summed E-state index contributed by atoms with van der Waals surface area (Å²) >= 11 is 0. The lowest BCUT2D eigenvalue weighted by Gasteiger charge is -2.39. The predicted molar refractivity (Wildman–Crippen MR) is 120 cm³/mol. The molecule has 3 aliphatic heterocycles. The van der Waals surface area contributed by atoms with Gasteiger partial charge in [0.1, 0.15) is 5.60 Å². The van der Waals surface area contributed by atoms with Crippen LogP contribution < -0.4 is 0 Å². The Morgan fingerprint density at radius 2 is 1.87 bits per heavy atom. The number of aryl methyl sites for hydroxylation is 1. The lowest BCUT2D eigenvalue weighted by atomic mass is 9.78. The normalized spacial score (nSPS) is 22.9. The highest BCUT2D eigenvalue weighted by Crippen LogP contribution is 2.41.